The summed E-state index contributed by atoms with van der Waals surface area (Å²) in [6.45, 7) is 2.36. The van der Waals surface area contributed by atoms with Crippen LogP contribution in [0.3, 0.4) is 0 Å². The van der Waals surface area contributed by atoms with E-state index >= 15 is 0 Å². The van der Waals surface area contributed by atoms with Gasteiger partial charge in [-0.25, -0.2) is 8.42 Å². The normalized spacial score (nSPS) is 20.9. The van der Waals surface area contributed by atoms with Crippen LogP contribution >= 0.6 is 11.5 Å². The second kappa shape index (κ2) is 6.37. The number of hydrogen-bond acceptors (Lipinski definition) is 6. The Bertz CT molecular complexity index is 802. The van der Waals surface area contributed by atoms with E-state index in [1.807, 2.05) is 30.3 Å². The molecule has 0 aliphatic carbocycles. The van der Waals surface area contributed by atoms with E-state index in [-0.39, 0.29) is 18.2 Å². The monoisotopic (exact) mass is 351 g/mol. The fraction of sp³-hybridized carbons (Fsp3) is 0.400. The molecular formula is C15H17N3O3S2. The van der Waals surface area contributed by atoms with Gasteiger partial charge in [-0.2, -0.15) is 0 Å². The first kappa shape index (κ1) is 16.1. The van der Waals surface area contributed by atoms with Gasteiger partial charge in [0.05, 0.1) is 16.7 Å². The zero-order valence-corrected chi connectivity index (χ0v) is 14.3. The highest BCUT2D eigenvalue weighted by atomic mass is 32.2. The fourth-order valence-corrected chi connectivity index (χ4v) is 5.18. The summed E-state index contributed by atoms with van der Waals surface area (Å²) < 4.78 is 28.9. The van der Waals surface area contributed by atoms with Gasteiger partial charge in [0.25, 0.3) is 5.91 Å². The van der Waals surface area contributed by atoms with Crippen LogP contribution < -0.4 is 0 Å². The largest absolute Gasteiger partial charge is 0.337 e. The Morgan fingerprint density at radius 3 is 2.65 bits per heavy atom. The molecule has 3 rings (SSSR count). The van der Waals surface area contributed by atoms with Crippen LogP contribution in [0.5, 0.6) is 0 Å². The average molecular weight is 351 g/mol. The molecule has 1 amide bonds. The molecule has 1 fully saturated rings. The molecule has 1 aromatic heterocycles. The lowest BCUT2D eigenvalue weighted by Crippen LogP contribution is -2.33. The van der Waals surface area contributed by atoms with Gasteiger partial charge in [0.1, 0.15) is 4.88 Å². The van der Waals surface area contributed by atoms with Crippen LogP contribution in [0.25, 0.3) is 0 Å². The average Bonchev–Trinajstić information content (AvgIpc) is 2.89. The van der Waals surface area contributed by atoms with Gasteiger partial charge >= 0.3 is 0 Å². The molecule has 0 N–H and O–H groups in total. The molecule has 2 heterocycles. The van der Waals surface area contributed by atoms with Crippen molar-refractivity contribution in [3.8, 4) is 0 Å². The van der Waals surface area contributed by atoms with Crippen LogP contribution in [-0.2, 0) is 9.84 Å². The Hall–Kier alpha value is -1.80. The van der Waals surface area contributed by atoms with E-state index in [2.05, 4.69) is 9.59 Å². The molecule has 0 spiro atoms. The molecule has 8 heteroatoms. The second-order valence-electron chi connectivity index (χ2n) is 5.53. The maximum atomic E-state index is 12.6. The van der Waals surface area contributed by atoms with E-state index < -0.39 is 15.1 Å². The van der Waals surface area contributed by atoms with E-state index in [0.717, 1.165) is 17.1 Å². The number of aryl methyl sites for hydroxylation is 1. The Labute approximate surface area is 139 Å². The van der Waals surface area contributed by atoms with Crippen molar-refractivity contribution in [1.29, 1.82) is 0 Å². The van der Waals surface area contributed by atoms with Crippen molar-refractivity contribution in [3.63, 3.8) is 0 Å². The van der Waals surface area contributed by atoms with Gasteiger partial charge < -0.3 is 4.90 Å². The molecule has 1 saturated heterocycles. The molecule has 0 radical (unpaired) electrons. The zero-order chi connectivity index (χ0) is 16.4. The quantitative estimate of drug-likeness (QED) is 0.825. The number of benzene rings is 1. The van der Waals surface area contributed by atoms with Gasteiger partial charge in [-0.3, -0.25) is 4.79 Å². The smallest absolute Gasteiger partial charge is 0.267 e. The molecule has 1 aliphatic heterocycles. The van der Waals surface area contributed by atoms with E-state index in [0.29, 0.717) is 23.5 Å². The van der Waals surface area contributed by atoms with Gasteiger partial charge in [-0.05, 0) is 30.4 Å². The minimum atomic E-state index is -3.28. The van der Waals surface area contributed by atoms with Crippen molar-refractivity contribution in [1.82, 2.24) is 14.5 Å². The van der Waals surface area contributed by atoms with Crippen LogP contribution in [0.2, 0.25) is 0 Å². The highest BCUT2D eigenvalue weighted by Crippen LogP contribution is 2.30. The molecule has 0 unspecified atom stereocenters. The van der Waals surface area contributed by atoms with Crippen LogP contribution in [0.1, 0.15) is 32.6 Å². The number of sulfone groups is 1. The number of amides is 1. The summed E-state index contributed by atoms with van der Waals surface area (Å²) in [4.78, 5) is 14.6. The lowest BCUT2D eigenvalue weighted by molar-refractivity contribution is 0.0770. The Kier molecular flexibility index (Phi) is 4.45. The standard InChI is InChI=1S/C15H17N3O3S2/c1-11-14(22-17-16-11)15(19)18-8-7-13(23(20,21)10-9-18)12-5-3-2-4-6-12/h2-6,13H,7-10H2,1H3/t13-/m0/s1. The third-order valence-corrected chi connectivity index (χ3v) is 6.99. The Morgan fingerprint density at radius 1 is 1.26 bits per heavy atom. The fourth-order valence-electron chi connectivity index (χ4n) is 2.76. The molecule has 2 aromatic rings. The highest BCUT2D eigenvalue weighted by molar-refractivity contribution is 7.91. The van der Waals surface area contributed by atoms with E-state index in [4.69, 9.17) is 0 Å². The predicted molar refractivity (Wildman–Crippen MR) is 88.1 cm³/mol. The summed E-state index contributed by atoms with van der Waals surface area (Å²) in [5, 5.41) is 3.30. The van der Waals surface area contributed by atoms with Crippen molar-refractivity contribution in [2.24, 2.45) is 0 Å². The van der Waals surface area contributed by atoms with Gasteiger partial charge in [-0.1, -0.05) is 34.8 Å². The van der Waals surface area contributed by atoms with Crippen molar-refractivity contribution in [2.75, 3.05) is 18.8 Å². The topological polar surface area (TPSA) is 80.2 Å². The maximum Gasteiger partial charge on any atom is 0.267 e. The minimum absolute atomic E-state index is 0.0242. The number of aromatic nitrogens is 2. The molecule has 122 valence electrons. The van der Waals surface area contributed by atoms with E-state index in [1.54, 1.807) is 11.8 Å². The molecular weight excluding hydrogens is 334 g/mol. The van der Waals surface area contributed by atoms with Gasteiger partial charge in [0.2, 0.25) is 0 Å². The molecule has 6 nitrogen and oxygen atoms in total. The van der Waals surface area contributed by atoms with Gasteiger partial charge in [0, 0.05) is 13.1 Å². The van der Waals surface area contributed by atoms with Crippen LogP contribution in [-0.4, -0.2) is 47.7 Å². The summed E-state index contributed by atoms with van der Waals surface area (Å²) >= 11 is 1.05. The lowest BCUT2D eigenvalue weighted by atomic mass is 10.1. The van der Waals surface area contributed by atoms with E-state index in [9.17, 15) is 13.2 Å². The molecule has 1 aliphatic rings. The Balaban J connectivity index is 1.83. The van der Waals surface area contributed by atoms with E-state index in [1.165, 1.54) is 0 Å². The molecule has 1 aromatic carbocycles. The van der Waals surface area contributed by atoms with Crippen molar-refractivity contribution in [2.45, 2.75) is 18.6 Å². The molecule has 0 saturated carbocycles. The summed E-state index contributed by atoms with van der Waals surface area (Å²) in [6, 6.07) is 9.20. The summed E-state index contributed by atoms with van der Waals surface area (Å²) in [7, 11) is -3.28. The second-order valence-corrected chi connectivity index (χ2v) is 8.59. The number of rotatable bonds is 2. The first-order valence-corrected chi connectivity index (χ1v) is 9.82. The van der Waals surface area contributed by atoms with Crippen molar-refractivity contribution in [3.05, 3.63) is 46.5 Å². The maximum absolute atomic E-state index is 12.6. The Morgan fingerprint density at radius 2 is 2.00 bits per heavy atom. The molecule has 23 heavy (non-hydrogen) atoms. The van der Waals surface area contributed by atoms with Gasteiger partial charge in [-0.15, -0.1) is 5.10 Å². The highest BCUT2D eigenvalue weighted by Gasteiger charge is 2.33. The van der Waals surface area contributed by atoms with Crippen molar-refractivity contribution < 1.29 is 13.2 Å². The summed E-state index contributed by atoms with van der Waals surface area (Å²) in [5.41, 5.74) is 1.38. The number of hydrogen-bond donors (Lipinski definition) is 0. The number of nitrogens with zero attached hydrogens (tertiary/aromatic N) is 3. The van der Waals surface area contributed by atoms with Gasteiger partial charge in [0.15, 0.2) is 9.84 Å². The zero-order valence-electron chi connectivity index (χ0n) is 12.7. The summed E-state index contributed by atoms with van der Waals surface area (Å²) in [6.07, 6.45) is 0.406. The number of carbonyl (C=O) groups excluding carboxylic acids is 1. The predicted octanol–water partition coefficient (Wildman–Crippen LogP) is 1.85. The first-order valence-electron chi connectivity index (χ1n) is 7.34. The first-order chi connectivity index (χ1) is 11.0. The van der Waals surface area contributed by atoms with Crippen LogP contribution in [0.4, 0.5) is 0 Å². The number of carbonyl (C=O) groups is 1. The lowest BCUT2D eigenvalue weighted by Gasteiger charge is -2.19. The minimum Gasteiger partial charge on any atom is -0.337 e. The molecule has 1 atom stereocenters. The van der Waals surface area contributed by atoms with Crippen LogP contribution in [0, 0.1) is 6.92 Å². The molecule has 0 bridgehead atoms. The van der Waals surface area contributed by atoms with Crippen LogP contribution in [0.15, 0.2) is 30.3 Å². The summed E-state index contributed by atoms with van der Waals surface area (Å²) in [5.74, 6) is -0.203. The third kappa shape index (κ3) is 3.28. The van der Waals surface area contributed by atoms with Crippen molar-refractivity contribution >= 4 is 27.3 Å². The third-order valence-electron chi connectivity index (χ3n) is 4.04. The SMILES string of the molecule is Cc1nnsc1C(=O)N1CC[C@@H](c2ccccc2)S(=O)(=O)CC1.